The number of benzene rings is 1. The van der Waals surface area contributed by atoms with Crippen molar-refractivity contribution >= 4 is 28.7 Å². The summed E-state index contributed by atoms with van der Waals surface area (Å²) in [6.07, 6.45) is 1.09. The number of nitrogens with zero attached hydrogens (tertiary/aromatic N) is 1. The molecule has 1 amide bonds. The van der Waals surface area contributed by atoms with Crippen LogP contribution in [0.25, 0.3) is 0 Å². The number of amides is 1. The first kappa shape index (κ1) is 27.0. The quantitative estimate of drug-likeness (QED) is 0.632. The summed E-state index contributed by atoms with van der Waals surface area (Å²) >= 11 is 0. The highest BCUT2D eigenvalue weighted by Gasteiger charge is 2.52. The predicted molar refractivity (Wildman–Crippen MR) is 133 cm³/mol. The van der Waals surface area contributed by atoms with E-state index in [0.29, 0.717) is 25.1 Å². The Bertz CT molecular complexity index is 1000. The maximum Gasteiger partial charge on any atom is 0.494 e. The van der Waals surface area contributed by atoms with E-state index in [1.807, 2.05) is 40.7 Å². The van der Waals surface area contributed by atoms with Crippen LogP contribution in [0.15, 0.2) is 23.1 Å². The molecule has 2 aliphatic rings. The summed E-state index contributed by atoms with van der Waals surface area (Å²) in [5.41, 5.74) is -0.0848. The normalized spacial score (nSPS) is 23.1. The molecule has 1 aromatic carbocycles. The van der Waals surface area contributed by atoms with E-state index in [9.17, 15) is 13.2 Å². The summed E-state index contributed by atoms with van der Waals surface area (Å²) < 4.78 is 46.2. The number of ether oxygens (including phenoxy) is 1. The number of carbonyl (C=O) groups is 1. The zero-order valence-corrected chi connectivity index (χ0v) is 22.5. The van der Waals surface area contributed by atoms with Crippen molar-refractivity contribution in [1.82, 2.24) is 9.62 Å². The van der Waals surface area contributed by atoms with Gasteiger partial charge in [0.2, 0.25) is 10.0 Å². The Balaban J connectivity index is 1.74. The van der Waals surface area contributed by atoms with Gasteiger partial charge in [-0.05, 0) is 91.7 Å². The van der Waals surface area contributed by atoms with Crippen LogP contribution in [0.1, 0.15) is 66.9 Å². The third-order valence-electron chi connectivity index (χ3n) is 6.65. The minimum absolute atomic E-state index is 0.0171. The van der Waals surface area contributed by atoms with Gasteiger partial charge in [0.25, 0.3) is 0 Å². The molecule has 2 saturated heterocycles. The molecular formula is C24H39BN2O6S. The van der Waals surface area contributed by atoms with Crippen LogP contribution in [0.5, 0.6) is 0 Å². The molecule has 0 saturated carbocycles. The molecule has 8 nitrogen and oxygen atoms in total. The molecule has 0 bridgehead atoms. The third kappa shape index (κ3) is 6.14. The topological polar surface area (TPSA) is 94.2 Å². The molecule has 1 atom stereocenters. The number of hydrogen-bond acceptors (Lipinski definition) is 6. The summed E-state index contributed by atoms with van der Waals surface area (Å²) in [4.78, 5) is 12.2. The second kappa shape index (κ2) is 9.45. The number of aryl methyl sites for hydroxylation is 1. The first-order valence-electron chi connectivity index (χ1n) is 11.9. The van der Waals surface area contributed by atoms with Gasteiger partial charge in [-0.2, -0.15) is 4.31 Å². The number of nitrogens with one attached hydrogen (secondary N) is 1. The lowest BCUT2D eigenvalue weighted by atomic mass is 9.78. The van der Waals surface area contributed by atoms with E-state index in [4.69, 9.17) is 14.0 Å². The smallest absolute Gasteiger partial charge is 0.444 e. The van der Waals surface area contributed by atoms with Crippen LogP contribution in [-0.2, 0) is 24.1 Å². The summed E-state index contributed by atoms with van der Waals surface area (Å²) in [5, 5.41) is 2.78. The summed E-state index contributed by atoms with van der Waals surface area (Å²) in [6.45, 7) is 16.3. The van der Waals surface area contributed by atoms with Gasteiger partial charge in [0.05, 0.1) is 16.1 Å². The molecule has 0 spiro atoms. The maximum atomic E-state index is 13.6. The molecule has 2 aliphatic heterocycles. The Morgan fingerprint density at radius 3 is 2.38 bits per heavy atom. The van der Waals surface area contributed by atoms with E-state index in [1.165, 1.54) is 4.31 Å². The average molecular weight is 494 g/mol. The molecule has 3 rings (SSSR count). The summed E-state index contributed by atoms with van der Waals surface area (Å²) in [7, 11) is -4.35. The Kier molecular flexibility index (Phi) is 7.50. The summed E-state index contributed by atoms with van der Waals surface area (Å²) in [6, 6.07) is 5.25. The number of hydrogen-bond donors (Lipinski definition) is 1. The van der Waals surface area contributed by atoms with Crippen molar-refractivity contribution in [2.45, 2.75) is 89.9 Å². The second-order valence-electron chi connectivity index (χ2n) is 11.4. The molecule has 1 unspecified atom stereocenters. The van der Waals surface area contributed by atoms with Crippen molar-refractivity contribution < 1.29 is 27.3 Å². The first-order valence-corrected chi connectivity index (χ1v) is 13.4. The van der Waals surface area contributed by atoms with Crippen LogP contribution in [0.3, 0.4) is 0 Å². The third-order valence-corrected chi connectivity index (χ3v) is 8.49. The van der Waals surface area contributed by atoms with Gasteiger partial charge in [-0.1, -0.05) is 11.6 Å². The highest BCUT2D eigenvalue weighted by atomic mass is 32.2. The number of alkyl carbamates (subject to hydrolysis) is 1. The molecule has 0 aromatic heterocycles. The molecule has 0 aliphatic carbocycles. The molecule has 1 N–H and O–H groups in total. The number of piperidine rings is 1. The van der Waals surface area contributed by atoms with Gasteiger partial charge in [-0.3, -0.25) is 0 Å². The van der Waals surface area contributed by atoms with E-state index in [1.54, 1.807) is 32.9 Å². The minimum atomic E-state index is -3.72. The van der Waals surface area contributed by atoms with Gasteiger partial charge in [0, 0.05) is 19.6 Å². The van der Waals surface area contributed by atoms with Gasteiger partial charge in [-0.15, -0.1) is 0 Å². The largest absolute Gasteiger partial charge is 0.494 e. The van der Waals surface area contributed by atoms with Crippen molar-refractivity contribution in [2.75, 3.05) is 19.6 Å². The molecule has 0 radical (unpaired) electrons. The highest BCUT2D eigenvalue weighted by molar-refractivity contribution is 7.89. The van der Waals surface area contributed by atoms with Gasteiger partial charge in [0.1, 0.15) is 5.60 Å². The van der Waals surface area contributed by atoms with E-state index in [-0.39, 0.29) is 10.8 Å². The molecular weight excluding hydrogens is 455 g/mol. The van der Waals surface area contributed by atoms with Crippen LogP contribution < -0.4 is 10.8 Å². The van der Waals surface area contributed by atoms with Gasteiger partial charge >= 0.3 is 13.2 Å². The van der Waals surface area contributed by atoms with Crippen LogP contribution >= 0.6 is 0 Å². The molecule has 190 valence electrons. The van der Waals surface area contributed by atoms with E-state index < -0.39 is 40.0 Å². The standard InChI is InChI=1S/C24H39BN2O6S/c1-17-12-19(25-32-23(5,6)24(7,8)33-25)14-20(13-17)34(29,30)27-11-9-10-18(16-27)15-26-21(28)31-22(2,3)4/h12-14,18H,9-11,15-16H2,1-8H3,(H,26,28). The molecule has 2 fully saturated rings. The van der Waals surface area contributed by atoms with Crippen molar-refractivity contribution in [3.8, 4) is 0 Å². The Morgan fingerprint density at radius 1 is 1.18 bits per heavy atom. The highest BCUT2D eigenvalue weighted by Crippen LogP contribution is 2.36. The maximum absolute atomic E-state index is 13.6. The fourth-order valence-electron chi connectivity index (χ4n) is 4.14. The van der Waals surface area contributed by atoms with Crippen molar-refractivity contribution in [3.05, 3.63) is 23.8 Å². The lowest BCUT2D eigenvalue weighted by Crippen LogP contribution is -2.44. The zero-order valence-electron chi connectivity index (χ0n) is 21.7. The van der Waals surface area contributed by atoms with Gasteiger partial charge in [0.15, 0.2) is 0 Å². The minimum Gasteiger partial charge on any atom is -0.444 e. The lowest BCUT2D eigenvalue weighted by molar-refractivity contribution is 0.00578. The summed E-state index contributed by atoms with van der Waals surface area (Å²) in [5.74, 6) is 0.0171. The second-order valence-corrected chi connectivity index (χ2v) is 13.4. The number of sulfonamides is 1. The van der Waals surface area contributed by atoms with Crippen molar-refractivity contribution in [2.24, 2.45) is 5.92 Å². The van der Waals surface area contributed by atoms with Crippen LogP contribution in [0.2, 0.25) is 0 Å². The Labute approximate surface area is 204 Å². The average Bonchev–Trinajstić information content (AvgIpc) is 2.92. The molecule has 1 aromatic rings. The number of carbonyl (C=O) groups excluding carboxylic acids is 1. The van der Waals surface area contributed by atoms with E-state index >= 15 is 0 Å². The van der Waals surface area contributed by atoms with Crippen LogP contribution in [0, 0.1) is 12.8 Å². The van der Waals surface area contributed by atoms with Crippen LogP contribution in [-0.4, -0.2) is 62.4 Å². The van der Waals surface area contributed by atoms with Crippen LogP contribution in [0.4, 0.5) is 4.79 Å². The van der Waals surface area contributed by atoms with Gasteiger partial charge in [-0.25, -0.2) is 13.2 Å². The first-order chi connectivity index (χ1) is 15.5. The van der Waals surface area contributed by atoms with E-state index in [0.717, 1.165) is 18.4 Å². The SMILES string of the molecule is Cc1cc(B2OC(C)(C)C(C)(C)O2)cc(S(=O)(=O)N2CCCC(CNC(=O)OC(C)(C)C)C2)c1. The fraction of sp³-hybridized carbons (Fsp3) is 0.708. The molecule has 10 heteroatoms. The van der Waals surface area contributed by atoms with Gasteiger partial charge < -0.3 is 19.4 Å². The predicted octanol–water partition coefficient (Wildman–Crippen LogP) is 3.22. The van der Waals surface area contributed by atoms with Crippen molar-refractivity contribution in [1.29, 1.82) is 0 Å². The van der Waals surface area contributed by atoms with Crippen molar-refractivity contribution in [3.63, 3.8) is 0 Å². The molecule has 2 heterocycles. The fourth-order valence-corrected chi connectivity index (χ4v) is 5.84. The Hall–Kier alpha value is -1.62. The van der Waals surface area contributed by atoms with E-state index in [2.05, 4.69) is 5.32 Å². The Morgan fingerprint density at radius 2 is 1.79 bits per heavy atom. The molecule has 34 heavy (non-hydrogen) atoms. The number of rotatable bonds is 5. The monoisotopic (exact) mass is 494 g/mol. The lowest BCUT2D eigenvalue weighted by Gasteiger charge is -2.32. The zero-order chi connectivity index (χ0) is 25.5.